The van der Waals surface area contributed by atoms with E-state index in [1.54, 1.807) is 12.1 Å². The first-order valence-corrected chi connectivity index (χ1v) is 3.37. The summed E-state index contributed by atoms with van der Waals surface area (Å²) in [7, 11) is 0. The monoisotopic (exact) mass is 187 g/mol. The number of fused-ring (bicyclic) bond motifs is 1. The van der Waals surface area contributed by atoms with Crippen LogP contribution in [0.1, 0.15) is 0 Å². The Bertz CT molecular complexity index is 273. The fraction of sp³-hybridized carbons (Fsp3) is 0.143. The minimum absolute atomic E-state index is 0. The first-order chi connectivity index (χ1) is 6.17. The van der Waals surface area contributed by atoms with Crippen LogP contribution in [0.5, 0.6) is 5.75 Å². The molecule has 2 aliphatic carbocycles. The summed E-state index contributed by atoms with van der Waals surface area (Å²) in [5, 5.41) is 14.0. The maximum Gasteiger partial charge on any atom is 0.482 e. The van der Waals surface area contributed by atoms with Crippen molar-refractivity contribution in [2.45, 2.75) is 6.61 Å². The Morgan fingerprint density at radius 3 is 2.00 bits per heavy atom. The van der Waals surface area contributed by atoms with Gasteiger partial charge in [0.05, 0.1) is 0 Å². The zero-order valence-electron chi connectivity index (χ0n) is 6.45. The molecule has 2 N–H and O–H groups in total. The molecule has 1 radical (unpaired) electrons. The number of ether oxygens (including phenoxy) is 1. The van der Waals surface area contributed by atoms with Crippen LogP contribution in [0.15, 0.2) is 18.2 Å². The normalized spacial score (nSPS) is 10.2. The lowest BCUT2D eigenvalue weighted by Crippen LogP contribution is -2.00. The predicted molar refractivity (Wildman–Crippen MR) is 42.3 cm³/mol. The highest BCUT2D eigenvalue weighted by molar-refractivity contribution is 6.13. The van der Waals surface area contributed by atoms with Gasteiger partial charge in [0.2, 0.25) is 0 Å². The number of rotatable bonds is 2. The molecule has 0 atom stereocenters. The van der Waals surface area contributed by atoms with Crippen LogP contribution in [0.25, 0.3) is 11.1 Å². The lowest BCUT2D eigenvalue weighted by atomic mass is 10.5. The van der Waals surface area contributed by atoms with Gasteiger partial charge in [-0.2, -0.15) is 8.78 Å². The summed E-state index contributed by atoms with van der Waals surface area (Å²) in [6, 6.07) is 5.10. The van der Waals surface area contributed by atoms with Gasteiger partial charge in [-0.25, -0.2) is 0 Å². The molecule has 0 aromatic rings. The van der Waals surface area contributed by atoms with Crippen LogP contribution in [0.3, 0.4) is 0 Å². The van der Waals surface area contributed by atoms with Crippen molar-refractivity contribution in [2.75, 3.05) is 0 Å². The summed E-state index contributed by atoms with van der Waals surface area (Å²) < 4.78 is 27.2. The molecule has 0 heterocycles. The summed E-state index contributed by atoms with van der Waals surface area (Å²) in [4.78, 5) is 0. The fourth-order valence-electron chi connectivity index (χ4n) is 0.901. The molecule has 0 aromatic carbocycles. The van der Waals surface area contributed by atoms with E-state index in [2.05, 4.69) is 4.74 Å². The van der Waals surface area contributed by atoms with Crippen molar-refractivity contribution >= 4 is 7.69 Å². The van der Waals surface area contributed by atoms with Gasteiger partial charge in [0.25, 0.3) is 0 Å². The largest absolute Gasteiger partial charge is 0.482 e. The standard InChI is InChI=1S/C7H4F2O.BH2O2/c8-7(9)10-6-2-4-1-5(4)3-6;2-1-3/h1-3,7H;2-3H. The van der Waals surface area contributed by atoms with E-state index in [4.69, 9.17) is 10.0 Å². The SMILES string of the molecule is FC(F)Oc1cc2cc-2c1.O[B]O. The van der Waals surface area contributed by atoms with E-state index < -0.39 is 6.61 Å². The maximum absolute atomic E-state index is 11.5. The van der Waals surface area contributed by atoms with E-state index in [-0.39, 0.29) is 13.4 Å². The fourth-order valence-corrected chi connectivity index (χ4v) is 0.901. The third-order valence-electron chi connectivity index (χ3n) is 1.38. The van der Waals surface area contributed by atoms with Crippen LogP contribution in [-0.4, -0.2) is 24.3 Å². The molecule has 0 amide bonds. The zero-order chi connectivity index (χ0) is 9.84. The molecule has 0 aromatic heterocycles. The van der Waals surface area contributed by atoms with Crippen molar-refractivity contribution in [1.82, 2.24) is 0 Å². The quantitative estimate of drug-likeness (QED) is 0.682. The number of alkyl halides is 2. The van der Waals surface area contributed by atoms with E-state index in [0.717, 1.165) is 11.1 Å². The van der Waals surface area contributed by atoms with Crippen LogP contribution in [-0.2, 0) is 0 Å². The van der Waals surface area contributed by atoms with E-state index >= 15 is 0 Å². The van der Waals surface area contributed by atoms with Crippen molar-refractivity contribution < 1.29 is 23.6 Å². The minimum Gasteiger partial charge on any atom is -0.435 e. The van der Waals surface area contributed by atoms with Crippen LogP contribution in [0.4, 0.5) is 8.78 Å². The molecule has 0 unspecified atom stereocenters. The highest BCUT2D eigenvalue weighted by Gasteiger charge is 2.16. The number of halogens is 2. The smallest absolute Gasteiger partial charge is 0.435 e. The van der Waals surface area contributed by atoms with Gasteiger partial charge in [-0.15, -0.1) is 0 Å². The van der Waals surface area contributed by atoms with Gasteiger partial charge in [-0.05, 0) is 29.3 Å². The maximum atomic E-state index is 11.5. The van der Waals surface area contributed by atoms with Crippen LogP contribution in [0, 0.1) is 0 Å². The minimum atomic E-state index is -2.71. The van der Waals surface area contributed by atoms with Gasteiger partial charge in [-0.1, -0.05) is 0 Å². The molecule has 0 spiro atoms. The predicted octanol–water partition coefficient (Wildman–Crippen LogP) is 0.774. The van der Waals surface area contributed by atoms with Crippen molar-refractivity contribution in [1.29, 1.82) is 0 Å². The Morgan fingerprint density at radius 1 is 1.15 bits per heavy atom. The van der Waals surface area contributed by atoms with E-state index in [1.807, 2.05) is 6.07 Å². The second-order valence-electron chi connectivity index (χ2n) is 2.24. The highest BCUT2D eigenvalue weighted by atomic mass is 19.3. The van der Waals surface area contributed by atoms with Gasteiger partial charge in [0, 0.05) is 0 Å². The average Bonchev–Trinajstić information content (AvgIpc) is 2.59. The molecule has 2 rings (SSSR count). The zero-order valence-corrected chi connectivity index (χ0v) is 6.45. The van der Waals surface area contributed by atoms with Crippen LogP contribution < -0.4 is 4.74 Å². The van der Waals surface area contributed by atoms with Crippen LogP contribution in [0.2, 0.25) is 0 Å². The number of benzene rings is 1. The van der Waals surface area contributed by atoms with E-state index in [1.165, 1.54) is 0 Å². The molecule has 3 nitrogen and oxygen atoms in total. The molecular formula is C7H6BF2O3. The molecule has 2 aliphatic rings. The number of hydrogen-bond acceptors (Lipinski definition) is 3. The molecule has 6 heteroatoms. The summed E-state index contributed by atoms with van der Waals surface area (Å²) in [5.41, 5.74) is 2.02. The summed E-state index contributed by atoms with van der Waals surface area (Å²) in [6.45, 7) is -2.71. The molecule has 0 saturated heterocycles. The first kappa shape index (κ1) is 9.95. The number of hydrogen-bond donors (Lipinski definition) is 2. The Morgan fingerprint density at radius 2 is 1.62 bits per heavy atom. The van der Waals surface area contributed by atoms with Crippen molar-refractivity contribution in [3.8, 4) is 16.9 Å². The Kier molecular flexibility index (Phi) is 3.22. The third-order valence-corrected chi connectivity index (χ3v) is 1.38. The van der Waals surface area contributed by atoms with Gasteiger partial charge >= 0.3 is 14.3 Å². The summed E-state index contributed by atoms with van der Waals surface area (Å²) in [6.07, 6.45) is 0. The average molecular weight is 187 g/mol. The highest BCUT2D eigenvalue weighted by Crippen LogP contribution is 2.40. The molecular weight excluding hydrogens is 181 g/mol. The van der Waals surface area contributed by atoms with E-state index in [0.29, 0.717) is 0 Å². The van der Waals surface area contributed by atoms with Gasteiger partial charge < -0.3 is 14.8 Å². The topological polar surface area (TPSA) is 49.7 Å². The third kappa shape index (κ3) is 3.00. The van der Waals surface area contributed by atoms with Crippen molar-refractivity contribution in [3.63, 3.8) is 0 Å². The van der Waals surface area contributed by atoms with Crippen LogP contribution >= 0.6 is 0 Å². The van der Waals surface area contributed by atoms with E-state index in [9.17, 15) is 8.78 Å². The molecule has 0 saturated carbocycles. The van der Waals surface area contributed by atoms with Gasteiger partial charge in [-0.3, -0.25) is 0 Å². The first-order valence-electron chi connectivity index (χ1n) is 3.37. The molecule has 69 valence electrons. The van der Waals surface area contributed by atoms with Crippen molar-refractivity contribution in [2.24, 2.45) is 0 Å². The Balaban J connectivity index is 0.000000251. The Labute approximate surface area is 73.9 Å². The molecule has 0 bridgehead atoms. The second-order valence-corrected chi connectivity index (χ2v) is 2.24. The van der Waals surface area contributed by atoms with Gasteiger partial charge in [0.15, 0.2) is 0 Å². The molecule has 0 fully saturated rings. The lowest BCUT2D eigenvalue weighted by molar-refractivity contribution is -0.0495. The summed E-state index contributed by atoms with van der Waals surface area (Å²) >= 11 is 0. The summed E-state index contributed by atoms with van der Waals surface area (Å²) in [5.74, 6) is 0.266. The Hall–Kier alpha value is -1.14. The molecule has 13 heavy (non-hydrogen) atoms. The van der Waals surface area contributed by atoms with Gasteiger partial charge in [0.1, 0.15) is 5.75 Å². The molecule has 0 aliphatic heterocycles. The lowest BCUT2D eigenvalue weighted by Gasteiger charge is -1.98. The second kappa shape index (κ2) is 4.20. The van der Waals surface area contributed by atoms with Crippen molar-refractivity contribution in [3.05, 3.63) is 18.2 Å².